The molecular formula is C12H18Cl2N2O. The van der Waals surface area contributed by atoms with Crippen molar-refractivity contribution < 1.29 is 4.74 Å². The highest BCUT2D eigenvalue weighted by Gasteiger charge is 2.11. The van der Waals surface area contributed by atoms with E-state index in [1.165, 1.54) is 0 Å². The molecule has 5 heteroatoms. The van der Waals surface area contributed by atoms with Crippen molar-refractivity contribution >= 4 is 23.2 Å². The summed E-state index contributed by atoms with van der Waals surface area (Å²) in [6, 6.07) is 5.76. The molecule has 0 aromatic heterocycles. The fourth-order valence-electron chi connectivity index (χ4n) is 1.59. The summed E-state index contributed by atoms with van der Waals surface area (Å²) in [5.74, 6) is 5.51. The lowest BCUT2D eigenvalue weighted by molar-refractivity contribution is 0.136. The quantitative estimate of drug-likeness (QED) is 0.457. The zero-order chi connectivity index (χ0) is 12.7. The van der Waals surface area contributed by atoms with Crippen molar-refractivity contribution in [2.45, 2.75) is 25.8 Å². The van der Waals surface area contributed by atoms with Gasteiger partial charge in [0.05, 0.1) is 10.0 Å². The van der Waals surface area contributed by atoms with Crippen molar-refractivity contribution in [1.82, 2.24) is 5.43 Å². The third-order valence-electron chi connectivity index (χ3n) is 2.55. The van der Waals surface area contributed by atoms with E-state index < -0.39 is 0 Å². The number of nitrogens with one attached hydrogen (secondary N) is 1. The first-order valence-electron chi connectivity index (χ1n) is 5.65. The minimum absolute atomic E-state index is 0.137. The number of ether oxygens (including phenoxy) is 1. The molecule has 1 atom stereocenters. The van der Waals surface area contributed by atoms with Crippen LogP contribution in [0.1, 0.15) is 18.9 Å². The Hall–Kier alpha value is -0.320. The summed E-state index contributed by atoms with van der Waals surface area (Å²) in [5, 5.41) is 1.18. The molecule has 3 nitrogen and oxygen atoms in total. The van der Waals surface area contributed by atoms with Gasteiger partial charge in [-0.1, -0.05) is 35.3 Å². The van der Waals surface area contributed by atoms with Crippen LogP contribution in [-0.4, -0.2) is 19.3 Å². The molecule has 96 valence electrons. The Morgan fingerprint density at radius 3 is 2.82 bits per heavy atom. The molecule has 0 heterocycles. The van der Waals surface area contributed by atoms with Crippen LogP contribution < -0.4 is 11.3 Å². The van der Waals surface area contributed by atoms with E-state index in [4.69, 9.17) is 33.8 Å². The van der Waals surface area contributed by atoms with Crippen LogP contribution >= 0.6 is 23.2 Å². The highest BCUT2D eigenvalue weighted by atomic mass is 35.5. The summed E-state index contributed by atoms with van der Waals surface area (Å²) in [7, 11) is 0. The van der Waals surface area contributed by atoms with Gasteiger partial charge in [-0.15, -0.1) is 0 Å². The molecule has 0 aliphatic carbocycles. The SMILES string of the molecule is CCOCCC(Cc1cccc(Cl)c1Cl)NN. The minimum Gasteiger partial charge on any atom is -0.382 e. The van der Waals surface area contributed by atoms with Gasteiger partial charge in [-0.25, -0.2) is 0 Å². The molecule has 0 aliphatic rings. The normalized spacial score (nSPS) is 12.7. The standard InChI is InChI=1S/C12H18Cl2N2O/c1-2-17-7-6-10(16-15)8-9-4-3-5-11(13)12(9)14/h3-5,10,16H,2,6-8,15H2,1H3. The maximum absolute atomic E-state index is 6.12. The summed E-state index contributed by atoms with van der Waals surface area (Å²) in [6.45, 7) is 3.37. The molecule has 0 fully saturated rings. The van der Waals surface area contributed by atoms with Gasteiger partial charge in [-0.2, -0.15) is 0 Å². The molecule has 17 heavy (non-hydrogen) atoms. The maximum atomic E-state index is 6.12. The zero-order valence-electron chi connectivity index (χ0n) is 9.88. The van der Waals surface area contributed by atoms with E-state index in [1.807, 2.05) is 19.1 Å². The van der Waals surface area contributed by atoms with Crippen LogP contribution in [-0.2, 0) is 11.2 Å². The van der Waals surface area contributed by atoms with Crippen LogP contribution in [0.25, 0.3) is 0 Å². The molecule has 1 aromatic carbocycles. The van der Waals surface area contributed by atoms with Crippen molar-refractivity contribution in [1.29, 1.82) is 0 Å². The van der Waals surface area contributed by atoms with E-state index in [0.717, 1.165) is 25.0 Å². The number of hydrogen-bond donors (Lipinski definition) is 2. The van der Waals surface area contributed by atoms with Gasteiger partial charge in [0.1, 0.15) is 0 Å². The van der Waals surface area contributed by atoms with Crippen LogP contribution in [0, 0.1) is 0 Å². The monoisotopic (exact) mass is 276 g/mol. The lowest BCUT2D eigenvalue weighted by Gasteiger charge is -2.16. The van der Waals surface area contributed by atoms with Crippen LogP contribution in [0.4, 0.5) is 0 Å². The summed E-state index contributed by atoms with van der Waals surface area (Å²) >= 11 is 12.1. The number of hydrazine groups is 1. The number of halogens is 2. The smallest absolute Gasteiger partial charge is 0.0624 e. The fraction of sp³-hybridized carbons (Fsp3) is 0.500. The lowest BCUT2D eigenvalue weighted by Crippen LogP contribution is -2.37. The Kier molecular flexibility index (Phi) is 6.85. The van der Waals surface area contributed by atoms with Crippen molar-refractivity contribution in [3.05, 3.63) is 33.8 Å². The lowest BCUT2D eigenvalue weighted by atomic mass is 10.0. The molecule has 0 amide bonds. The largest absolute Gasteiger partial charge is 0.382 e. The van der Waals surface area contributed by atoms with Crippen molar-refractivity contribution in [3.63, 3.8) is 0 Å². The molecule has 0 saturated heterocycles. The van der Waals surface area contributed by atoms with Crippen molar-refractivity contribution in [3.8, 4) is 0 Å². The Morgan fingerprint density at radius 1 is 1.41 bits per heavy atom. The van der Waals surface area contributed by atoms with Crippen LogP contribution in [0.2, 0.25) is 10.0 Å². The summed E-state index contributed by atoms with van der Waals surface area (Å²) in [4.78, 5) is 0. The Labute approximate surface area is 112 Å². The van der Waals surface area contributed by atoms with Crippen molar-refractivity contribution in [2.75, 3.05) is 13.2 Å². The Morgan fingerprint density at radius 2 is 2.18 bits per heavy atom. The van der Waals surface area contributed by atoms with Gasteiger partial charge in [-0.05, 0) is 31.4 Å². The number of hydrogen-bond acceptors (Lipinski definition) is 3. The van der Waals surface area contributed by atoms with Gasteiger partial charge < -0.3 is 4.74 Å². The Bertz CT molecular complexity index is 347. The third-order valence-corrected chi connectivity index (χ3v) is 3.41. The molecule has 1 unspecified atom stereocenters. The summed E-state index contributed by atoms with van der Waals surface area (Å²) in [5.41, 5.74) is 3.77. The molecule has 0 spiro atoms. The number of benzene rings is 1. The topological polar surface area (TPSA) is 47.3 Å². The Balaban J connectivity index is 2.57. The molecule has 0 radical (unpaired) electrons. The second-order valence-corrected chi connectivity index (χ2v) is 4.55. The fourth-order valence-corrected chi connectivity index (χ4v) is 1.98. The zero-order valence-corrected chi connectivity index (χ0v) is 11.4. The van der Waals surface area contributed by atoms with Gasteiger partial charge in [-0.3, -0.25) is 11.3 Å². The van der Waals surface area contributed by atoms with Crippen LogP contribution in [0.15, 0.2) is 18.2 Å². The first-order chi connectivity index (χ1) is 8.19. The van der Waals surface area contributed by atoms with Gasteiger partial charge in [0.2, 0.25) is 0 Å². The van der Waals surface area contributed by atoms with Gasteiger partial charge >= 0.3 is 0 Å². The second kappa shape index (κ2) is 7.90. The van der Waals surface area contributed by atoms with Crippen molar-refractivity contribution in [2.24, 2.45) is 5.84 Å². The van der Waals surface area contributed by atoms with Gasteiger partial charge in [0.25, 0.3) is 0 Å². The molecule has 1 aromatic rings. The van der Waals surface area contributed by atoms with E-state index in [-0.39, 0.29) is 6.04 Å². The number of rotatable bonds is 7. The third kappa shape index (κ3) is 4.82. The molecule has 0 aliphatic heterocycles. The highest BCUT2D eigenvalue weighted by Crippen LogP contribution is 2.26. The highest BCUT2D eigenvalue weighted by molar-refractivity contribution is 6.42. The average molecular weight is 277 g/mol. The first-order valence-corrected chi connectivity index (χ1v) is 6.41. The minimum atomic E-state index is 0.137. The molecule has 0 saturated carbocycles. The molecule has 3 N–H and O–H groups in total. The van der Waals surface area contributed by atoms with Gasteiger partial charge in [0.15, 0.2) is 0 Å². The van der Waals surface area contributed by atoms with E-state index >= 15 is 0 Å². The van der Waals surface area contributed by atoms with E-state index in [1.54, 1.807) is 6.07 Å². The predicted octanol–water partition coefficient (Wildman–Crippen LogP) is 2.79. The summed E-state index contributed by atoms with van der Waals surface area (Å²) < 4.78 is 5.30. The second-order valence-electron chi connectivity index (χ2n) is 3.77. The summed E-state index contributed by atoms with van der Waals surface area (Å²) in [6.07, 6.45) is 1.58. The van der Waals surface area contributed by atoms with Gasteiger partial charge in [0, 0.05) is 19.3 Å². The average Bonchev–Trinajstić information content (AvgIpc) is 2.33. The van der Waals surface area contributed by atoms with E-state index in [9.17, 15) is 0 Å². The van der Waals surface area contributed by atoms with E-state index in [2.05, 4.69) is 5.43 Å². The maximum Gasteiger partial charge on any atom is 0.0624 e. The molecular weight excluding hydrogens is 259 g/mol. The van der Waals surface area contributed by atoms with Crippen LogP contribution in [0.5, 0.6) is 0 Å². The first kappa shape index (κ1) is 14.7. The number of nitrogens with two attached hydrogens (primary N) is 1. The van der Waals surface area contributed by atoms with Crippen LogP contribution in [0.3, 0.4) is 0 Å². The molecule has 0 bridgehead atoms. The molecule has 1 rings (SSSR count). The predicted molar refractivity (Wildman–Crippen MR) is 72.4 cm³/mol. The van der Waals surface area contributed by atoms with E-state index in [0.29, 0.717) is 16.7 Å².